The van der Waals surface area contributed by atoms with Crippen LogP contribution < -0.4 is 5.32 Å². The van der Waals surface area contributed by atoms with Crippen LogP contribution in [-0.4, -0.2) is 15.8 Å². The predicted molar refractivity (Wildman–Crippen MR) is 88.6 cm³/mol. The number of benzene rings is 2. The van der Waals surface area contributed by atoms with Crippen molar-refractivity contribution in [2.24, 2.45) is 0 Å². The summed E-state index contributed by atoms with van der Waals surface area (Å²) in [5, 5.41) is 25.1. The number of hydrogen-bond acceptors (Lipinski definition) is 5. The van der Waals surface area contributed by atoms with E-state index in [-0.39, 0.29) is 11.1 Å². The molecule has 0 saturated carbocycles. The third kappa shape index (κ3) is 3.33. The van der Waals surface area contributed by atoms with Crippen molar-refractivity contribution < 1.29 is 14.6 Å². The quantitative estimate of drug-likeness (QED) is 0.660. The molecule has 0 aliphatic carbocycles. The fourth-order valence-corrected chi connectivity index (χ4v) is 2.31. The Bertz CT molecular complexity index is 831. The summed E-state index contributed by atoms with van der Waals surface area (Å²) in [5.41, 5.74) is -0.241. The SMILES string of the molecule is Cc1c(Cl)cccc1NC(=O)c1cc([N+](=O)[O-])c(C)c([N+](=O)[O-])c1. The van der Waals surface area contributed by atoms with Crippen LogP contribution in [0.5, 0.6) is 0 Å². The highest BCUT2D eigenvalue weighted by molar-refractivity contribution is 6.31. The first-order chi connectivity index (χ1) is 11.2. The van der Waals surface area contributed by atoms with E-state index in [2.05, 4.69) is 5.32 Å². The van der Waals surface area contributed by atoms with Gasteiger partial charge in [0.25, 0.3) is 17.3 Å². The Morgan fingerprint density at radius 1 is 1.04 bits per heavy atom. The highest BCUT2D eigenvalue weighted by atomic mass is 35.5. The van der Waals surface area contributed by atoms with Crippen LogP contribution in [-0.2, 0) is 0 Å². The molecular formula is C15H12ClN3O5. The van der Waals surface area contributed by atoms with E-state index in [9.17, 15) is 25.0 Å². The van der Waals surface area contributed by atoms with Crippen molar-refractivity contribution in [1.82, 2.24) is 0 Å². The molecule has 2 rings (SSSR count). The number of halogens is 1. The zero-order valence-corrected chi connectivity index (χ0v) is 13.5. The van der Waals surface area contributed by atoms with Crippen molar-refractivity contribution in [3.05, 3.63) is 72.3 Å². The molecule has 8 nitrogen and oxygen atoms in total. The van der Waals surface area contributed by atoms with Crippen molar-refractivity contribution in [1.29, 1.82) is 0 Å². The molecule has 9 heteroatoms. The van der Waals surface area contributed by atoms with E-state index in [0.717, 1.165) is 12.1 Å². The molecule has 24 heavy (non-hydrogen) atoms. The van der Waals surface area contributed by atoms with Crippen molar-refractivity contribution in [3.63, 3.8) is 0 Å². The molecule has 124 valence electrons. The topological polar surface area (TPSA) is 115 Å². The van der Waals surface area contributed by atoms with Crippen molar-refractivity contribution in [2.45, 2.75) is 13.8 Å². The van der Waals surface area contributed by atoms with Gasteiger partial charge in [0.2, 0.25) is 0 Å². The Morgan fingerprint density at radius 2 is 1.58 bits per heavy atom. The Hall–Kier alpha value is -3.00. The maximum absolute atomic E-state index is 12.3. The average Bonchev–Trinajstić information content (AvgIpc) is 2.51. The van der Waals surface area contributed by atoms with Crippen LogP contribution in [0.1, 0.15) is 21.5 Å². The van der Waals surface area contributed by atoms with E-state index in [4.69, 9.17) is 11.6 Å². The number of rotatable bonds is 4. The van der Waals surface area contributed by atoms with Crippen LogP contribution in [0.15, 0.2) is 30.3 Å². The molecule has 0 aromatic heterocycles. The Balaban J connectivity index is 2.47. The third-order valence-corrected chi connectivity index (χ3v) is 3.93. The number of anilines is 1. The van der Waals surface area contributed by atoms with E-state index in [1.54, 1.807) is 25.1 Å². The van der Waals surface area contributed by atoms with Crippen LogP contribution >= 0.6 is 11.6 Å². The minimum absolute atomic E-state index is 0.111. The fraction of sp³-hybridized carbons (Fsp3) is 0.133. The lowest BCUT2D eigenvalue weighted by atomic mass is 10.1. The number of carbonyl (C=O) groups excluding carboxylic acids is 1. The fourth-order valence-electron chi connectivity index (χ4n) is 2.13. The second-order valence-electron chi connectivity index (χ2n) is 5.02. The summed E-state index contributed by atoms with van der Waals surface area (Å²) in [6, 6.07) is 6.91. The Labute approximate surface area is 141 Å². The first-order valence-corrected chi connectivity index (χ1v) is 7.10. The largest absolute Gasteiger partial charge is 0.322 e. The summed E-state index contributed by atoms with van der Waals surface area (Å²) in [6.45, 7) is 2.96. The lowest BCUT2D eigenvalue weighted by Gasteiger charge is -2.10. The van der Waals surface area contributed by atoms with Gasteiger partial charge in [-0.15, -0.1) is 0 Å². The minimum atomic E-state index is -0.760. The highest BCUT2D eigenvalue weighted by Crippen LogP contribution is 2.30. The van der Waals surface area contributed by atoms with Crippen molar-refractivity contribution in [3.8, 4) is 0 Å². The average molecular weight is 350 g/mol. The molecule has 0 saturated heterocycles. The molecule has 0 aliphatic rings. The molecule has 1 amide bonds. The highest BCUT2D eigenvalue weighted by Gasteiger charge is 2.25. The maximum Gasteiger partial charge on any atom is 0.279 e. The minimum Gasteiger partial charge on any atom is -0.322 e. The third-order valence-electron chi connectivity index (χ3n) is 3.52. The van der Waals surface area contributed by atoms with E-state index < -0.39 is 27.1 Å². The predicted octanol–water partition coefficient (Wildman–Crippen LogP) is 4.03. The van der Waals surface area contributed by atoms with Gasteiger partial charge in [-0.2, -0.15) is 0 Å². The Kier molecular flexibility index (Phi) is 4.79. The van der Waals surface area contributed by atoms with Crippen LogP contribution in [0.4, 0.5) is 17.1 Å². The maximum atomic E-state index is 12.3. The number of nitrogens with zero attached hydrogens (tertiary/aromatic N) is 2. The van der Waals surface area contributed by atoms with Crippen LogP contribution in [0.25, 0.3) is 0 Å². The van der Waals surface area contributed by atoms with E-state index >= 15 is 0 Å². The number of nitro benzene ring substituents is 2. The first-order valence-electron chi connectivity index (χ1n) is 6.72. The summed E-state index contributed by atoms with van der Waals surface area (Å²) >= 11 is 5.97. The number of hydrogen-bond donors (Lipinski definition) is 1. The van der Waals surface area contributed by atoms with Gasteiger partial charge in [-0.3, -0.25) is 25.0 Å². The molecule has 2 aromatic rings. The normalized spacial score (nSPS) is 10.3. The van der Waals surface area contributed by atoms with Gasteiger partial charge in [0, 0.05) is 22.8 Å². The molecule has 0 aliphatic heterocycles. The molecule has 0 spiro atoms. The smallest absolute Gasteiger partial charge is 0.279 e. The first kappa shape index (κ1) is 17.4. The standard InChI is InChI=1S/C15H12ClN3O5/c1-8-11(16)4-3-5-12(8)17-15(20)10-6-13(18(21)22)9(2)14(7-10)19(23)24/h3-7H,1-2H3,(H,17,20). The number of carbonyl (C=O) groups is 1. The summed E-state index contributed by atoms with van der Waals surface area (Å²) in [4.78, 5) is 32.9. The van der Waals surface area contributed by atoms with Gasteiger partial charge in [0.1, 0.15) is 5.56 Å². The van der Waals surface area contributed by atoms with Gasteiger partial charge in [-0.1, -0.05) is 17.7 Å². The molecule has 0 atom stereocenters. The van der Waals surface area contributed by atoms with Crippen molar-refractivity contribution >= 4 is 34.6 Å². The molecule has 0 heterocycles. The van der Waals surface area contributed by atoms with E-state index in [1.807, 2.05) is 0 Å². The number of nitro groups is 2. The second-order valence-corrected chi connectivity index (χ2v) is 5.43. The lowest BCUT2D eigenvalue weighted by Crippen LogP contribution is -2.14. The van der Waals surface area contributed by atoms with Gasteiger partial charge >= 0.3 is 0 Å². The van der Waals surface area contributed by atoms with Gasteiger partial charge in [0.05, 0.1) is 15.4 Å². The summed E-state index contributed by atoms with van der Waals surface area (Å²) in [7, 11) is 0. The molecule has 0 unspecified atom stereocenters. The monoisotopic (exact) mass is 349 g/mol. The van der Waals surface area contributed by atoms with E-state index in [0.29, 0.717) is 16.3 Å². The molecular weight excluding hydrogens is 338 g/mol. The summed E-state index contributed by atoms with van der Waals surface area (Å²) in [6.07, 6.45) is 0. The van der Waals surface area contributed by atoms with Crippen LogP contribution in [0.3, 0.4) is 0 Å². The zero-order chi connectivity index (χ0) is 18.0. The zero-order valence-electron chi connectivity index (χ0n) is 12.7. The summed E-state index contributed by atoms with van der Waals surface area (Å²) in [5.74, 6) is -0.702. The molecule has 1 N–H and O–H groups in total. The Morgan fingerprint density at radius 3 is 2.08 bits per heavy atom. The summed E-state index contributed by atoms with van der Waals surface area (Å²) < 4.78 is 0. The van der Waals surface area contributed by atoms with Gasteiger partial charge in [0.15, 0.2) is 0 Å². The van der Waals surface area contributed by atoms with Gasteiger partial charge < -0.3 is 5.32 Å². The van der Waals surface area contributed by atoms with Gasteiger partial charge in [-0.25, -0.2) is 0 Å². The number of nitrogens with one attached hydrogen (secondary N) is 1. The number of amides is 1. The molecule has 0 radical (unpaired) electrons. The van der Waals surface area contributed by atoms with Crippen LogP contribution in [0.2, 0.25) is 5.02 Å². The molecule has 0 fully saturated rings. The van der Waals surface area contributed by atoms with Crippen molar-refractivity contribution in [2.75, 3.05) is 5.32 Å². The molecule has 2 aromatic carbocycles. The van der Waals surface area contributed by atoms with E-state index in [1.165, 1.54) is 6.92 Å². The second kappa shape index (κ2) is 6.63. The molecule has 0 bridgehead atoms. The van der Waals surface area contributed by atoms with Gasteiger partial charge in [-0.05, 0) is 31.5 Å². The lowest BCUT2D eigenvalue weighted by molar-refractivity contribution is -0.395. The van der Waals surface area contributed by atoms with Crippen LogP contribution in [0, 0.1) is 34.1 Å².